The first-order chi connectivity index (χ1) is 47.7. The summed E-state index contributed by atoms with van der Waals surface area (Å²) in [4.78, 5) is 51.2. The van der Waals surface area contributed by atoms with Crippen LogP contribution in [0.2, 0.25) is 0 Å². The first-order valence-electron chi connectivity index (χ1n) is 32.0. The molecule has 0 aliphatic carbocycles. The van der Waals surface area contributed by atoms with E-state index in [1.165, 1.54) is 0 Å². The Labute approximate surface area is 572 Å². The van der Waals surface area contributed by atoms with Gasteiger partial charge in [0, 0.05) is 27.7 Å². The van der Waals surface area contributed by atoms with Crippen LogP contribution in [0.5, 0.6) is 0 Å². The summed E-state index contributed by atoms with van der Waals surface area (Å²) in [5.41, 5.74) is 0. The molecule has 7 aliphatic heterocycles. The van der Waals surface area contributed by atoms with Gasteiger partial charge < -0.3 is 205 Å². The first kappa shape index (κ1) is 84.7. The molecule has 0 saturated carbocycles. The van der Waals surface area contributed by atoms with Gasteiger partial charge in [-0.15, -0.1) is 0 Å². The fourth-order valence-corrected chi connectivity index (χ4v) is 12.5. The van der Waals surface area contributed by atoms with Crippen molar-refractivity contribution in [1.29, 1.82) is 0 Å². The molecule has 39 atom stereocenters. The van der Waals surface area contributed by atoms with Crippen molar-refractivity contribution in [2.24, 2.45) is 0 Å². The minimum atomic E-state index is -2.53. The Kier molecular flexibility index (Phi) is 31.7. The normalized spacial score (nSPS) is 45.0. The van der Waals surface area contributed by atoms with Gasteiger partial charge in [-0.05, 0) is 0 Å². The quantitative estimate of drug-likeness (QED) is 0.0318. The smallest absolute Gasteiger partial charge is 0.217 e. The lowest BCUT2D eigenvalue weighted by molar-refractivity contribution is -0.375. The van der Waals surface area contributed by atoms with Crippen molar-refractivity contribution in [3.63, 3.8) is 0 Å². The number of carbonyl (C=O) groups excluding carboxylic acids is 4. The van der Waals surface area contributed by atoms with Crippen LogP contribution < -0.4 is 21.3 Å². The average Bonchev–Trinajstić information content (AvgIpc) is 0.791. The van der Waals surface area contributed by atoms with Gasteiger partial charge in [-0.25, -0.2) is 0 Å². The summed E-state index contributed by atoms with van der Waals surface area (Å²) < 4.78 is 81.5. The van der Waals surface area contributed by atoms with Gasteiger partial charge in [0.15, 0.2) is 44.0 Å². The lowest BCUT2D eigenvalue weighted by Crippen LogP contribution is -2.70. The monoisotopic (exact) mass is 1480 g/mol. The van der Waals surface area contributed by atoms with Gasteiger partial charge >= 0.3 is 0 Å². The number of ether oxygens (including phenoxy) is 14. The molecule has 0 aromatic rings. The Morgan fingerprint density at radius 3 is 1.09 bits per heavy atom. The van der Waals surface area contributed by atoms with Crippen LogP contribution in [0.1, 0.15) is 27.7 Å². The number of nitrogens with one attached hydrogen (secondary N) is 4. The molecule has 0 unspecified atom stereocenters. The molecule has 7 aliphatic rings. The van der Waals surface area contributed by atoms with Gasteiger partial charge in [0.05, 0.1) is 65.5 Å². The fourth-order valence-electron chi connectivity index (χ4n) is 12.5. The van der Waals surface area contributed by atoms with E-state index in [0.717, 1.165) is 27.7 Å². The molecule has 7 rings (SSSR count). The van der Waals surface area contributed by atoms with Crippen LogP contribution in [0.15, 0.2) is 0 Å². The minimum Gasteiger partial charge on any atom is -0.394 e. The maximum Gasteiger partial charge on any atom is 0.217 e. The lowest BCUT2D eigenvalue weighted by atomic mass is 9.94. The van der Waals surface area contributed by atoms with Crippen LogP contribution in [-0.4, -0.2) is 440 Å². The number of amides is 4. The standard InChI is InChI=1S/C56H96N4O41/c1-14(68)57-18(5-61)45(30(73)19(72)12-88-50-27(58-15(2)69)36(79)46(24(10-66)94-50)98-53-41(84)38(81)31(74)20(6-62)91-53)97-56-44(87)49(101-52-29(60-17(4)71)48(34(77)23(9-65)90-52)100-55-43(86)40(83)33(76)22(8-64)93-55)35(78)26(96-56)13-89-51-28(59-16(3)70)37(80)47(25(11-67)95-51)99-54-42(85)39(82)32(75)21(7-63)92-54/h18-56,61-67,72-87H,5-13H2,1-4H3,(H,57,68)(H,58,69)(H,59,70)(H,60,71)/t18-,19+,20+,21+,22+,23+,24+,25+,26+,27+,28+,29+,30-,31-,32-,33-,34+,35-,36+,37+,38-,39-,40-,41+,42+,43+,44+,45+,46+,47+,48+,49-,50+,51+,52-,53-,54-,55-,56-/m0/s1. The number of aliphatic hydroxyl groups is 23. The second kappa shape index (κ2) is 37.8. The zero-order valence-corrected chi connectivity index (χ0v) is 54.5. The Balaban J connectivity index is 1.21. The number of aliphatic hydroxyl groups excluding tert-OH is 23. The molecule has 0 aromatic heterocycles. The maximum atomic E-state index is 13.0. The summed E-state index contributed by atoms with van der Waals surface area (Å²) in [5.74, 6) is -3.68. The number of hydrogen-bond acceptors (Lipinski definition) is 41. The summed E-state index contributed by atoms with van der Waals surface area (Å²) in [6, 6.07) is -7.40. The van der Waals surface area contributed by atoms with Gasteiger partial charge in [-0.1, -0.05) is 0 Å². The van der Waals surface area contributed by atoms with Crippen molar-refractivity contribution < 1.29 is 203 Å². The summed E-state index contributed by atoms with van der Waals surface area (Å²) in [7, 11) is 0. The van der Waals surface area contributed by atoms with Gasteiger partial charge in [0.2, 0.25) is 23.6 Å². The molecule has 27 N–H and O–H groups in total. The molecule has 0 radical (unpaired) electrons. The van der Waals surface area contributed by atoms with E-state index >= 15 is 0 Å². The number of rotatable bonds is 30. The fraction of sp³-hybridized carbons (Fsp3) is 0.929. The van der Waals surface area contributed by atoms with Gasteiger partial charge in [0.25, 0.3) is 0 Å². The van der Waals surface area contributed by atoms with E-state index in [0.29, 0.717) is 0 Å². The number of carbonyl (C=O) groups is 4. The Hall–Kier alpha value is -3.60. The van der Waals surface area contributed by atoms with E-state index in [1.54, 1.807) is 0 Å². The molecule has 0 bridgehead atoms. The maximum absolute atomic E-state index is 13.0. The summed E-state index contributed by atoms with van der Waals surface area (Å²) in [6.45, 7) is -5.72. The van der Waals surface area contributed by atoms with Crippen LogP contribution in [0.25, 0.3) is 0 Å². The van der Waals surface area contributed by atoms with E-state index in [-0.39, 0.29) is 0 Å². The van der Waals surface area contributed by atoms with Crippen LogP contribution >= 0.6 is 0 Å². The Morgan fingerprint density at radius 2 is 0.693 bits per heavy atom. The molecule has 0 spiro atoms. The third-order valence-electron chi connectivity index (χ3n) is 17.9. The zero-order chi connectivity index (χ0) is 74.9. The van der Waals surface area contributed by atoms with E-state index in [2.05, 4.69) is 21.3 Å². The molecular formula is C56H96N4O41. The first-order valence-corrected chi connectivity index (χ1v) is 32.0. The highest BCUT2D eigenvalue weighted by molar-refractivity contribution is 5.74. The highest BCUT2D eigenvalue weighted by Crippen LogP contribution is 2.37. The van der Waals surface area contributed by atoms with E-state index in [1.807, 2.05) is 0 Å². The van der Waals surface area contributed by atoms with Gasteiger partial charge in [0.1, 0.15) is 189 Å². The topological polar surface area (TPSA) is 711 Å². The SMILES string of the molecule is CC(=O)N[C@H]1[C@H](OC[C@@H](O)[C@H](O)[C@H](O[C@@H]2O[C@H](CO[C@@H]3O[C@H](CO)[C@@H](O[C@@H]4O[C@H](CO)[C@H](O)[C@H](O)[C@H]4O)[C@H](O)[C@H]3NC(C)=O)[C@H](O)[C@H](O[C@@H]3O[C@H](CO)[C@@H](O)[C@H](O[C@@H]4O[C@H](CO)[C@H](O)[C@H](O)[C@H]4O)[C@H]3NC(C)=O)[C@H]2O)[C@H](CO)NC(C)=O)O[C@H](CO)[C@@H](O[C@@H]2O[C@H](CO)[C@H](O)[C@H](O)[C@H]2O)[C@@H]1O. The molecule has 4 amide bonds. The van der Waals surface area contributed by atoms with Crippen LogP contribution in [-0.2, 0) is 85.5 Å². The molecule has 45 heteroatoms. The van der Waals surface area contributed by atoms with Crippen LogP contribution in [0.4, 0.5) is 0 Å². The Morgan fingerprint density at radius 1 is 0.347 bits per heavy atom. The average molecular weight is 1480 g/mol. The molecule has 586 valence electrons. The van der Waals surface area contributed by atoms with Crippen molar-refractivity contribution in [2.75, 3.05) is 59.5 Å². The molecule has 101 heavy (non-hydrogen) atoms. The molecule has 7 saturated heterocycles. The van der Waals surface area contributed by atoms with E-state index in [9.17, 15) is 137 Å². The molecule has 7 heterocycles. The highest BCUT2D eigenvalue weighted by atomic mass is 16.8. The second-order valence-electron chi connectivity index (χ2n) is 25.2. The minimum absolute atomic E-state index is 0.871. The van der Waals surface area contributed by atoms with Crippen molar-refractivity contribution in [3.05, 3.63) is 0 Å². The van der Waals surface area contributed by atoms with Crippen LogP contribution in [0, 0.1) is 0 Å². The third-order valence-corrected chi connectivity index (χ3v) is 17.9. The van der Waals surface area contributed by atoms with E-state index in [4.69, 9.17) is 66.3 Å². The van der Waals surface area contributed by atoms with Crippen molar-refractivity contribution in [2.45, 2.75) is 267 Å². The Bertz CT molecular complexity index is 2580. The van der Waals surface area contributed by atoms with E-state index < -0.39 is 322 Å². The number of hydrogen-bond donors (Lipinski definition) is 27. The third kappa shape index (κ3) is 19.8. The van der Waals surface area contributed by atoms with Gasteiger partial charge in [-0.3, -0.25) is 19.2 Å². The molecule has 0 aromatic carbocycles. The van der Waals surface area contributed by atoms with Crippen molar-refractivity contribution >= 4 is 23.6 Å². The van der Waals surface area contributed by atoms with Gasteiger partial charge in [-0.2, -0.15) is 0 Å². The van der Waals surface area contributed by atoms with Crippen LogP contribution in [0.3, 0.4) is 0 Å². The molecule has 7 fully saturated rings. The molecule has 45 nitrogen and oxygen atoms in total. The lowest BCUT2D eigenvalue weighted by Gasteiger charge is -2.50. The second-order valence-corrected chi connectivity index (χ2v) is 25.2. The summed E-state index contributed by atoms with van der Waals surface area (Å²) in [6.07, 6.45) is -70.8. The largest absolute Gasteiger partial charge is 0.394 e. The predicted octanol–water partition coefficient (Wildman–Crippen LogP) is -18.2. The highest BCUT2D eigenvalue weighted by Gasteiger charge is 2.58. The predicted molar refractivity (Wildman–Crippen MR) is 313 cm³/mol. The van der Waals surface area contributed by atoms with Crippen molar-refractivity contribution in [1.82, 2.24) is 21.3 Å². The summed E-state index contributed by atoms with van der Waals surface area (Å²) >= 11 is 0. The zero-order valence-electron chi connectivity index (χ0n) is 54.5. The molecular weight excluding hydrogens is 1380 g/mol. The van der Waals surface area contributed by atoms with Crippen molar-refractivity contribution in [3.8, 4) is 0 Å². The summed E-state index contributed by atoms with van der Waals surface area (Å²) in [5, 5.41) is 260.